The van der Waals surface area contributed by atoms with Crippen LogP contribution in [0.15, 0.2) is 42.5 Å². The number of rotatable bonds is 6. The average molecular weight is 497 g/mol. The van der Waals surface area contributed by atoms with Gasteiger partial charge in [-0.1, -0.05) is 60.8 Å². The van der Waals surface area contributed by atoms with E-state index in [2.05, 4.69) is 35.8 Å². The number of hydrogen-bond acceptors (Lipinski definition) is 4. The Balaban J connectivity index is 1.52. The highest BCUT2D eigenvalue weighted by Crippen LogP contribution is 2.36. The molecule has 172 valence electrons. The van der Waals surface area contributed by atoms with E-state index in [1.807, 2.05) is 29.2 Å². The SMILES string of the molecule is CC(C)[C@@H]1COC(=O)N1CCN1CCN(c2ccc(Cl)cc2Cl)C(c2ccc(Cl)cc2)C1. The molecule has 0 radical (unpaired) electrons. The van der Waals surface area contributed by atoms with Crippen molar-refractivity contribution in [1.82, 2.24) is 9.80 Å². The standard InChI is InChI=1S/C24H28Cl3N3O2/c1-16(2)23-15-32-24(31)30(23)12-10-28-9-11-29(21-8-7-19(26)13-20(21)27)22(14-28)17-3-5-18(25)6-4-17/h3-8,13,16,22-23H,9-12,14-15H2,1-2H3/t22?,23-/m0/s1. The van der Waals surface area contributed by atoms with Crippen LogP contribution >= 0.6 is 34.8 Å². The minimum Gasteiger partial charge on any atom is -0.447 e. The minimum absolute atomic E-state index is 0.103. The molecule has 1 unspecified atom stereocenters. The molecule has 0 spiro atoms. The molecule has 2 atom stereocenters. The molecule has 0 N–H and O–H groups in total. The van der Waals surface area contributed by atoms with Crippen LogP contribution in [0.5, 0.6) is 0 Å². The summed E-state index contributed by atoms with van der Waals surface area (Å²) in [6.07, 6.45) is -0.204. The number of nitrogens with zero attached hydrogens (tertiary/aromatic N) is 3. The largest absolute Gasteiger partial charge is 0.447 e. The predicted molar refractivity (Wildman–Crippen MR) is 131 cm³/mol. The Labute approximate surface area is 204 Å². The van der Waals surface area contributed by atoms with E-state index in [1.165, 1.54) is 5.56 Å². The Kier molecular flexibility index (Phi) is 7.40. The lowest BCUT2D eigenvalue weighted by atomic mass is 10.0. The molecule has 2 heterocycles. The third-order valence-corrected chi connectivity index (χ3v) is 7.17. The Bertz CT molecular complexity index is 954. The predicted octanol–water partition coefficient (Wildman–Crippen LogP) is 5.99. The van der Waals surface area contributed by atoms with Gasteiger partial charge in [-0.2, -0.15) is 0 Å². The minimum atomic E-state index is -0.204. The fourth-order valence-corrected chi connectivity index (χ4v) is 5.18. The molecule has 5 nitrogen and oxygen atoms in total. The van der Waals surface area contributed by atoms with E-state index in [1.54, 1.807) is 6.07 Å². The van der Waals surface area contributed by atoms with Gasteiger partial charge in [-0.15, -0.1) is 0 Å². The van der Waals surface area contributed by atoms with Gasteiger partial charge in [-0.3, -0.25) is 4.90 Å². The summed E-state index contributed by atoms with van der Waals surface area (Å²) in [5, 5.41) is 1.98. The van der Waals surface area contributed by atoms with E-state index in [0.29, 0.717) is 34.1 Å². The van der Waals surface area contributed by atoms with Crippen molar-refractivity contribution in [3.63, 3.8) is 0 Å². The molecule has 2 aliphatic rings. The van der Waals surface area contributed by atoms with E-state index >= 15 is 0 Å². The molecular weight excluding hydrogens is 469 g/mol. The van der Waals surface area contributed by atoms with Crippen molar-refractivity contribution in [2.45, 2.75) is 25.9 Å². The van der Waals surface area contributed by atoms with Crippen LogP contribution in [0.1, 0.15) is 25.5 Å². The number of carbonyl (C=O) groups excluding carboxylic acids is 1. The van der Waals surface area contributed by atoms with Crippen LogP contribution in [0.2, 0.25) is 15.1 Å². The molecule has 2 aromatic rings. The van der Waals surface area contributed by atoms with Crippen LogP contribution < -0.4 is 4.90 Å². The molecule has 32 heavy (non-hydrogen) atoms. The molecule has 2 saturated heterocycles. The van der Waals surface area contributed by atoms with Crippen LogP contribution in [0.4, 0.5) is 10.5 Å². The first kappa shape index (κ1) is 23.5. The van der Waals surface area contributed by atoms with Gasteiger partial charge >= 0.3 is 6.09 Å². The zero-order valence-corrected chi connectivity index (χ0v) is 20.6. The molecule has 2 fully saturated rings. The quantitative estimate of drug-likeness (QED) is 0.492. The molecule has 2 aromatic carbocycles. The number of hydrogen-bond donors (Lipinski definition) is 0. The summed E-state index contributed by atoms with van der Waals surface area (Å²) in [6.45, 7) is 8.70. The zero-order valence-electron chi connectivity index (χ0n) is 18.3. The average Bonchev–Trinajstić information content (AvgIpc) is 3.14. The van der Waals surface area contributed by atoms with E-state index in [-0.39, 0.29) is 18.2 Å². The number of amides is 1. The van der Waals surface area contributed by atoms with Crippen LogP contribution in [0.25, 0.3) is 0 Å². The summed E-state index contributed by atoms with van der Waals surface area (Å²) in [5.74, 6) is 0.368. The van der Waals surface area contributed by atoms with Gasteiger partial charge in [0.2, 0.25) is 0 Å². The summed E-state index contributed by atoms with van der Waals surface area (Å²) in [4.78, 5) is 18.8. The Morgan fingerprint density at radius 1 is 1.00 bits per heavy atom. The van der Waals surface area contributed by atoms with Crippen molar-refractivity contribution in [3.8, 4) is 0 Å². The van der Waals surface area contributed by atoms with Crippen molar-refractivity contribution >= 4 is 46.6 Å². The van der Waals surface area contributed by atoms with E-state index in [9.17, 15) is 4.79 Å². The monoisotopic (exact) mass is 495 g/mol. The van der Waals surface area contributed by atoms with Gasteiger partial charge in [0.25, 0.3) is 0 Å². The molecule has 0 aliphatic carbocycles. The van der Waals surface area contributed by atoms with Crippen molar-refractivity contribution in [2.75, 3.05) is 44.2 Å². The maximum absolute atomic E-state index is 12.2. The maximum Gasteiger partial charge on any atom is 0.410 e. The van der Waals surface area contributed by atoms with E-state index in [4.69, 9.17) is 39.5 Å². The molecule has 8 heteroatoms. The maximum atomic E-state index is 12.2. The van der Waals surface area contributed by atoms with Crippen LogP contribution in [0.3, 0.4) is 0 Å². The highest BCUT2D eigenvalue weighted by molar-refractivity contribution is 6.36. The number of carbonyl (C=O) groups is 1. The second kappa shape index (κ2) is 10.1. The second-order valence-electron chi connectivity index (χ2n) is 8.74. The molecule has 2 aliphatic heterocycles. The summed E-state index contributed by atoms with van der Waals surface area (Å²) in [7, 11) is 0. The summed E-state index contributed by atoms with van der Waals surface area (Å²) in [5.41, 5.74) is 2.14. The van der Waals surface area contributed by atoms with Gasteiger partial charge in [0, 0.05) is 42.8 Å². The summed E-state index contributed by atoms with van der Waals surface area (Å²) in [6, 6.07) is 13.9. The lowest BCUT2D eigenvalue weighted by molar-refractivity contribution is 0.144. The van der Waals surface area contributed by atoms with Crippen molar-refractivity contribution < 1.29 is 9.53 Å². The van der Waals surface area contributed by atoms with Crippen molar-refractivity contribution in [3.05, 3.63) is 63.1 Å². The Morgan fingerprint density at radius 3 is 2.41 bits per heavy atom. The van der Waals surface area contributed by atoms with Gasteiger partial charge in [-0.25, -0.2) is 4.79 Å². The number of anilines is 1. The van der Waals surface area contributed by atoms with Crippen molar-refractivity contribution in [2.24, 2.45) is 5.92 Å². The second-order valence-corrected chi connectivity index (χ2v) is 10.0. The lowest BCUT2D eigenvalue weighted by Crippen LogP contribution is -2.51. The van der Waals surface area contributed by atoms with Crippen LogP contribution in [-0.2, 0) is 4.74 Å². The van der Waals surface area contributed by atoms with Gasteiger partial charge in [0.05, 0.1) is 22.8 Å². The van der Waals surface area contributed by atoms with Gasteiger partial charge < -0.3 is 14.5 Å². The number of halogens is 3. The van der Waals surface area contributed by atoms with Gasteiger partial charge in [-0.05, 0) is 41.8 Å². The topological polar surface area (TPSA) is 36.0 Å². The first-order valence-electron chi connectivity index (χ1n) is 11.0. The molecule has 4 rings (SSSR count). The number of cyclic esters (lactones) is 1. The van der Waals surface area contributed by atoms with E-state index < -0.39 is 0 Å². The van der Waals surface area contributed by atoms with E-state index in [0.717, 1.165) is 31.9 Å². The third-order valence-electron chi connectivity index (χ3n) is 6.38. The molecular formula is C24H28Cl3N3O2. The van der Waals surface area contributed by atoms with Gasteiger partial charge in [0.15, 0.2) is 0 Å². The van der Waals surface area contributed by atoms with Gasteiger partial charge in [0.1, 0.15) is 6.61 Å². The molecule has 0 aromatic heterocycles. The number of piperazine rings is 1. The Hall–Kier alpha value is -1.66. The first-order chi connectivity index (χ1) is 15.3. The summed E-state index contributed by atoms with van der Waals surface area (Å²) >= 11 is 18.8. The van der Waals surface area contributed by atoms with Crippen LogP contribution in [0, 0.1) is 5.92 Å². The molecule has 0 saturated carbocycles. The number of benzene rings is 2. The Morgan fingerprint density at radius 2 is 1.72 bits per heavy atom. The number of ether oxygens (including phenoxy) is 1. The first-order valence-corrected chi connectivity index (χ1v) is 12.1. The zero-order chi connectivity index (χ0) is 22.8. The smallest absolute Gasteiger partial charge is 0.410 e. The fraction of sp³-hybridized carbons (Fsp3) is 0.458. The highest BCUT2D eigenvalue weighted by Gasteiger charge is 2.36. The van der Waals surface area contributed by atoms with Crippen molar-refractivity contribution in [1.29, 1.82) is 0 Å². The molecule has 1 amide bonds. The lowest BCUT2D eigenvalue weighted by Gasteiger charge is -2.44. The van der Waals surface area contributed by atoms with Crippen LogP contribution in [-0.4, -0.2) is 61.3 Å². The highest BCUT2D eigenvalue weighted by atomic mass is 35.5. The third kappa shape index (κ3) is 5.12. The summed E-state index contributed by atoms with van der Waals surface area (Å²) < 4.78 is 5.30. The fourth-order valence-electron chi connectivity index (χ4n) is 4.54. The normalized spacial score (nSPS) is 22.0. The molecule has 0 bridgehead atoms.